The number of benzene rings is 2. The highest BCUT2D eigenvalue weighted by Crippen LogP contribution is 2.24. The Labute approximate surface area is 241 Å². The Morgan fingerprint density at radius 1 is 0.952 bits per heavy atom. The topological polar surface area (TPSA) is 198 Å². The summed E-state index contributed by atoms with van der Waals surface area (Å²) in [6, 6.07) is 10.5. The van der Waals surface area contributed by atoms with E-state index in [1.165, 1.54) is 65.4 Å². The average molecular weight is 611 g/mol. The number of nitro benzene ring substituents is 2. The molecule has 16 nitrogen and oxygen atoms in total. The van der Waals surface area contributed by atoms with E-state index in [-0.39, 0.29) is 57.3 Å². The van der Waals surface area contributed by atoms with Gasteiger partial charge in [0.2, 0.25) is 0 Å². The van der Waals surface area contributed by atoms with Crippen LogP contribution >= 0.6 is 0 Å². The fourth-order valence-corrected chi connectivity index (χ4v) is 4.63. The quantitative estimate of drug-likeness (QED) is 0.139. The highest BCUT2D eigenvalue weighted by atomic mass is 32.2. The summed E-state index contributed by atoms with van der Waals surface area (Å²) in [6.45, 7) is -0.0896. The molecule has 2 atom stereocenters. The zero-order valence-electron chi connectivity index (χ0n) is 22.8. The number of nitro groups is 2. The molecule has 2 aromatic rings. The summed E-state index contributed by atoms with van der Waals surface area (Å²) in [6.07, 6.45) is -1.13. The van der Waals surface area contributed by atoms with Gasteiger partial charge in [-0.05, 0) is 41.8 Å². The molecule has 1 fully saturated rings. The first-order valence-electron chi connectivity index (χ1n) is 12.6. The number of carbonyl (C=O) groups is 2. The smallest absolute Gasteiger partial charge is 0.410 e. The molecule has 0 radical (unpaired) electrons. The summed E-state index contributed by atoms with van der Waals surface area (Å²) in [5.74, 6) is 0. The zero-order chi connectivity index (χ0) is 30.9. The van der Waals surface area contributed by atoms with E-state index in [4.69, 9.17) is 18.4 Å². The number of nitrogens with zero attached hydrogens (tertiary/aromatic N) is 4. The van der Waals surface area contributed by atoms with Gasteiger partial charge in [-0.1, -0.05) is 0 Å². The van der Waals surface area contributed by atoms with Crippen molar-refractivity contribution in [3.8, 4) is 0 Å². The molecule has 17 heteroatoms. The summed E-state index contributed by atoms with van der Waals surface area (Å²) in [4.78, 5) is 48.1. The Hall–Kier alpha value is -4.35. The number of hydrogen-bond acceptors (Lipinski definition) is 12. The van der Waals surface area contributed by atoms with Crippen LogP contribution in [0.3, 0.4) is 0 Å². The van der Waals surface area contributed by atoms with Gasteiger partial charge in [0.05, 0.1) is 48.0 Å². The Balaban J connectivity index is 1.47. The van der Waals surface area contributed by atoms with Gasteiger partial charge in [0.1, 0.15) is 13.2 Å². The van der Waals surface area contributed by atoms with Crippen molar-refractivity contribution < 1.29 is 46.2 Å². The van der Waals surface area contributed by atoms with Gasteiger partial charge >= 0.3 is 12.2 Å². The van der Waals surface area contributed by atoms with Gasteiger partial charge in [-0.25, -0.2) is 9.59 Å². The molecule has 42 heavy (non-hydrogen) atoms. The largest absolute Gasteiger partial charge is 0.445 e. The van der Waals surface area contributed by atoms with Crippen molar-refractivity contribution in [1.82, 2.24) is 9.80 Å². The molecule has 1 saturated heterocycles. The third kappa shape index (κ3) is 9.93. The van der Waals surface area contributed by atoms with Crippen molar-refractivity contribution >= 4 is 33.7 Å². The number of ether oxygens (including phenoxy) is 3. The van der Waals surface area contributed by atoms with Crippen LogP contribution in [0.5, 0.6) is 0 Å². The minimum Gasteiger partial charge on any atom is -0.445 e. The number of non-ortho nitro benzene ring substituents is 2. The molecule has 0 N–H and O–H groups in total. The summed E-state index contributed by atoms with van der Waals surface area (Å²) in [5.41, 5.74) is 0.915. The van der Waals surface area contributed by atoms with Gasteiger partial charge in [-0.2, -0.15) is 8.42 Å². The number of rotatable bonds is 13. The zero-order valence-corrected chi connectivity index (χ0v) is 23.6. The second-order valence-corrected chi connectivity index (χ2v) is 11.0. The number of likely N-dealkylation sites (tertiary alicyclic amines) is 1. The molecule has 1 aliphatic rings. The third-order valence-electron chi connectivity index (χ3n) is 6.13. The lowest BCUT2D eigenvalue weighted by atomic mass is 10.2. The predicted octanol–water partition coefficient (Wildman–Crippen LogP) is 2.84. The predicted molar refractivity (Wildman–Crippen MR) is 145 cm³/mol. The van der Waals surface area contributed by atoms with Crippen LogP contribution < -0.4 is 0 Å². The molecule has 0 aliphatic carbocycles. The molecule has 1 heterocycles. The minimum absolute atomic E-state index is 0.00192. The van der Waals surface area contributed by atoms with Crippen molar-refractivity contribution in [1.29, 1.82) is 0 Å². The van der Waals surface area contributed by atoms with E-state index in [1.807, 2.05) is 0 Å². The van der Waals surface area contributed by atoms with E-state index in [2.05, 4.69) is 0 Å². The average Bonchev–Trinajstić information content (AvgIpc) is 3.33. The van der Waals surface area contributed by atoms with Crippen LogP contribution in [0.4, 0.5) is 21.0 Å². The summed E-state index contributed by atoms with van der Waals surface area (Å²) >= 11 is 0. The highest BCUT2D eigenvalue weighted by molar-refractivity contribution is 7.86. The minimum atomic E-state index is -3.79. The second-order valence-electron chi connectivity index (χ2n) is 9.42. The van der Waals surface area contributed by atoms with E-state index < -0.39 is 44.3 Å². The Morgan fingerprint density at radius 3 is 1.98 bits per heavy atom. The highest BCUT2D eigenvalue weighted by Gasteiger charge is 2.38. The van der Waals surface area contributed by atoms with Crippen LogP contribution in [0, 0.1) is 20.2 Å². The first kappa shape index (κ1) is 32.2. The fourth-order valence-electron chi connectivity index (χ4n) is 4.00. The van der Waals surface area contributed by atoms with Crippen molar-refractivity contribution in [3.05, 3.63) is 79.9 Å². The molecule has 1 aliphatic heterocycles. The van der Waals surface area contributed by atoms with Crippen LogP contribution in [-0.4, -0.2) is 92.0 Å². The third-order valence-corrected chi connectivity index (χ3v) is 6.76. The number of hydrogen-bond donors (Lipinski definition) is 0. The van der Waals surface area contributed by atoms with Crippen LogP contribution in [-0.2, 0) is 41.7 Å². The van der Waals surface area contributed by atoms with Crippen LogP contribution in [0.25, 0.3) is 0 Å². The molecule has 0 aromatic heterocycles. The fraction of sp³-hybridized carbons (Fsp3) is 0.440. The Bertz CT molecular complexity index is 1370. The van der Waals surface area contributed by atoms with Crippen molar-refractivity contribution in [3.63, 3.8) is 0 Å². The van der Waals surface area contributed by atoms with E-state index >= 15 is 0 Å². The number of amides is 2. The summed E-state index contributed by atoms with van der Waals surface area (Å²) in [5, 5.41) is 21.5. The molecule has 3 rings (SSSR count). The molecule has 0 spiro atoms. The van der Waals surface area contributed by atoms with Crippen molar-refractivity contribution in [2.45, 2.75) is 31.8 Å². The molecule has 0 unspecified atom stereocenters. The first-order chi connectivity index (χ1) is 19.8. The monoisotopic (exact) mass is 610 g/mol. The summed E-state index contributed by atoms with van der Waals surface area (Å²) < 4.78 is 44.5. The molecule has 228 valence electrons. The Morgan fingerprint density at radius 2 is 1.48 bits per heavy atom. The Kier molecular flexibility index (Phi) is 11.1. The molecule has 2 aromatic carbocycles. The molecule has 2 amide bonds. The number of carbonyl (C=O) groups excluding carboxylic acids is 2. The van der Waals surface area contributed by atoms with Crippen LogP contribution in [0.15, 0.2) is 48.5 Å². The maximum atomic E-state index is 12.8. The molecular weight excluding hydrogens is 580 g/mol. The van der Waals surface area contributed by atoms with E-state index in [0.29, 0.717) is 11.1 Å². The van der Waals surface area contributed by atoms with E-state index in [0.717, 1.165) is 6.26 Å². The van der Waals surface area contributed by atoms with Crippen LogP contribution in [0.1, 0.15) is 17.5 Å². The van der Waals surface area contributed by atoms with Crippen molar-refractivity contribution in [2.75, 3.05) is 39.6 Å². The molecule has 0 saturated carbocycles. The van der Waals surface area contributed by atoms with Gasteiger partial charge < -0.3 is 24.0 Å². The molecule has 0 bridgehead atoms. The maximum absolute atomic E-state index is 12.8. The summed E-state index contributed by atoms with van der Waals surface area (Å²) in [7, 11) is -2.29. The lowest BCUT2D eigenvalue weighted by Crippen LogP contribution is -2.39. The van der Waals surface area contributed by atoms with Gasteiger partial charge in [0, 0.05) is 37.9 Å². The molecular formula is C25H30N4O12S. The SMILES string of the molecule is CN(CCOC[C@@H]1C[C@@H](OS(C)(=O)=O)CN1C(=O)OCc1ccc([N+](=O)[O-])cc1)C(=O)OCc1ccc([N+](=O)[O-])cc1. The van der Waals surface area contributed by atoms with Gasteiger partial charge in [0.15, 0.2) is 0 Å². The normalized spacial score (nSPS) is 16.6. The first-order valence-corrected chi connectivity index (χ1v) is 14.4. The maximum Gasteiger partial charge on any atom is 0.410 e. The van der Waals surface area contributed by atoms with Crippen LogP contribution in [0.2, 0.25) is 0 Å². The van der Waals surface area contributed by atoms with Gasteiger partial charge in [-0.3, -0.25) is 24.4 Å². The standard InChI is InChI=1S/C25H30N4O12S/c1-26(24(30)39-15-18-3-7-20(8-4-18)28(32)33)11-12-38-17-22-13-23(41-42(2,36)37)14-27(22)25(31)40-16-19-5-9-21(10-6-19)29(34)35/h3-10,22-23H,11-17H2,1-2H3/t22-,23+/m0/s1. The van der Waals surface area contributed by atoms with Crippen molar-refractivity contribution in [2.24, 2.45) is 0 Å². The lowest BCUT2D eigenvalue weighted by molar-refractivity contribution is -0.385. The second kappa shape index (κ2) is 14.5. The van der Waals surface area contributed by atoms with Gasteiger partial charge in [-0.15, -0.1) is 0 Å². The van der Waals surface area contributed by atoms with Gasteiger partial charge in [0.25, 0.3) is 21.5 Å². The lowest BCUT2D eigenvalue weighted by Gasteiger charge is -2.24. The van der Waals surface area contributed by atoms with E-state index in [9.17, 15) is 38.2 Å². The number of likely N-dealkylation sites (N-methyl/N-ethyl adjacent to an activating group) is 1. The van der Waals surface area contributed by atoms with E-state index in [1.54, 1.807) is 0 Å².